The minimum Gasteiger partial charge on any atom is -0.304 e. The Labute approximate surface area is 186 Å². The predicted octanol–water partition coefficient (Wildman–Crippen LogP) is 3.66. The van der Waals surface area contributed by atoms with Crippen LogP contribution in [0.4, 0.5) is 13.2 Å². The van der Waals surface area contributed by atoms with Crippen LogP contribution in [-0.2, 0) is 16.2 Å². The third-order valence-electron chi connectivity index (χ3n) is 5.33. The molecule has 2 aromatic rings. The van der Waals surface area contributed by atoms with E-state index in [2.05, 4.69) is 4.98 Å². The highest BCUT2D eigenvalue weighted by Crippen LogP contribution is 2.38. The molecule has 0 aliphatic heterocycles. The molecule has 3 rings (SSSR count). The van der Waals surface area contributed by atoms with Crippen LogP contribution in [0.3, 0.4) is 0 Å². The molecule has 0 bridgehead atoms. The summed E-state index contributed by atoms with van der Waals surface area (Å²) in [5, 5.41) is 8.84. The number of hydrogen-bond acceptors (Lipinski definition) is 6. The Morgan fingerprint density at radius 2 is 1.94 bits per heavy atom. The molecule has 2 N–H and O–H groups in total. The summed E-state index contributed by atoms with van der Waals surface area (Å²) in [5.41, 5.74) is -1.12. The first-order valence-electron chi connectivity index (χ1n) is 9.12. The Kier molecular flexibility index (Phi) is 5.88. The van der Waals surface area contributed by atoms with Crippen molar-refractivity contribution in [3.05, 3.63) is 56.9 Å². The van der Waals surface area contributed by atoms with Crippen molar-refractivity contribution in [2.24, 2.45) is 17.7 Å². The van der Waals surface area contributed by atoms with Gasteiger partial charge in [-0.25, -0.2) is 10.8 Å². The molecule has 13 heteroatoms. The second-order valence-corrected chi connectivity index (χ2v) is 9.56. The highest BCUT2D eigenvalue weighted by molar-refractivity contribution is 7.93. The molecule has 2 heterocycles. The number of pyridine rings is 1. The maximum absolute atomic E-state index is 13.1. The summed E-state index contributed by atoms with van der Waals surface area (Å²) in [6, 6.07) is 2.66. The number of halogens is 4. The second kappa shape index (κ2) is 7.91. The number of carbonyl (C=O) groups is 1. The standard InChI is InChI=1S/C19H17ClF3N5O3S/c1-9-4-12(6-24)10(2)11(3)16(9)32(30,31)28(25)18(29)15-8-27-7-13(19(21,22)23)5-14(20)17(27)26-15/h4-5,7-8,10-11H,25H2,1-3H3. The van der Waals surface area contributed by atoms with Crippen LogP contribution < -0.4 is 5.84 Å². The zero-order chi connectivity index (χ0) is 24.2. The van der Waals surface area contributed by atoms with Crippen LogP contribution in [0.5, 0.6) is 0 Å². The topological polar surface area (TPSA) is 122 Å². The first-order valence-corrected chi connectivity index (χ1v) is 10.9. The fourth-order valence-electron chi connectivity index (χ4n) is 3.51. The third-order valence-corrected chi connectivity index (χ3v) is 7.55. The Balaban J connectivity index is 2.05. The first-order chi connectivity index (χ1) is 14.7. The van der Waals surface area contributed by atoms with Gasteiger partial charge in [-0.15, -0.1) is 0 Å². The van der Waals surface area contributed by atoms with Crippen LogP contribution in [0.2, 0.25) is 5.02 Å². The lowest BCUT2D eigenvalue weighted by atomic mass is 9.83. The van der Waals surface area contributed by atoms with Gasteiger partial charge in [-0.2, -0.15) is 31.3 Å². The summed E-state index contributed by atoms with van der Waals surface area (Å²) >= 11 is 5.86. The van der Waals surface area contributed by atoms with E-state index in [0.29, 0.717) is 17.8 Å². The lowest BCUT2D eigenvalue weighted by Crippen LogP contribution is -2.45. The maximum Gasteiger partial charge on any atom is 0.417 e. The summed E-state index contributed by atoms with van der Waals surface area (Å²) in [4.78, 5) is 16.5. The summed E-state index contributed by atoms with van der Waals surface area (Å²) in [7, 11) is -4.53. The van der Waals surface area contributed by atoms with Crippen molar-refractivity contribution in [3.63, 3.8) is 0 Å². The van der Waals surface area contributed by atoms with Crippen molar-refractivity contribution in [3.8, 4) is 6.07 Å². The second-order valence-electron chi connectivity index (χ2n) is 7.37. The van der Waals surface area contributed by atoms with Gasteiger partial charge in [-0.3, -0.25) is 4.79 Å². The Hall–Kier alpha value is -2.88. The van der Waals surface area contributed by atoms with E-state index in [4.69, 9.17) is 17.4 Å². The average molecular weight is 488 g/mol. The molecule has 1 aliphatic carbocycles. The fourth-order valence-corrected chi connectivity index (χ4v) is 5.43. The summed E-state index contributed by atoms with van der Waals surface area (Å²) in [5.74, 6) is 3.32. The smallest absolute Gasteiger partial charge is 0.304 e. The van der Waals surface area contributed by atoms with Gasteiger partial charge in [0.2, 0.25) is 0 Å². The number of hydrazine groups is 1. The van der Waals surface area contributed by atoms with Crippen molar-refractivity contribution in [1.82, 2.24) is 13.8 Å². The number of nitrogens with zero attached hydrogens (tertiary/aromatic N) is 4. The van der Waals surface area contributed by atoms with Gasteiger partial charge in [0, 0.05) is 23.9 Å². The van der Waals surface area contributed by atoms with Gasteiger partial charge < -0.3 is 4.40 Å². The molecule has 0 radical (unpaired) electrons. The van der Waals surface area contributed by atoms with Crippen molar-refractivity contribution in [2.45, 2.75) is 26.9 Å². The number of rotatable bonds is 3. The third kappa shape index (κ3) is 3.87. The summed E-state index contributed by atoms with van der Waals surface area (Å²) < 4.78 is 66.2. The lowest BCUT2D eigenvalue weighted by Gasteiger charge is -2.30. The number of carbonyl (C=O) groups excluding carboxylic acids is 1. The van der Waals surface area contributed by atoms with E-state index < -0.39 is 45.2 Å². The predicted molar refractivity (Wildman–Crippen MR) is 109 cm³/mol. The summed E-state index contributed by atoms with van der Waals surface area (Å²) in [6.07, 6.45) is -1.69. The molecule has 1 amide bonds. The normalized spacial score (nSPS) is 19.7. The molecule has 8 nitrogen and oxygen atoms in total. The molecule has 1 aliphatic rings. The van der Waals surface area contributed by atoms with Gasteiger partial charge in [0.05, 0.1) is 21.6 Å². The molecule has 0 fully saturated rings. The molecular weight excluding hydrogens is 471 g/mol. The molecular formula is C19H17ClF3N5O3S. The number of sulfonamides is 1. The van der Waals surface area contributed by atoms with E-state index in [1.54, 1.807) is 13.8 Å². The van der Waals surface area contributed by atoms with E-state index in [0.717, 1.165) is 10.6 Å². The number of nitrogens with two attached hydrogens (primary N) is 1. The van der Waals surface area contributed by atoms with E-state index in [1.807, 2.05) is 6.07 Å². The zero-order valence-electron chi connectivity index (χ0n) is 17.0. The Bertz CT molecular complexity index is 1340. The number of allylic oxidation sites excluding steroid dienone is 4. The van der Waals surface area contributed by atoms with Crippen molar-refractivity contribution < 1.29 is 26.4 Å². The molecule has 0 spiro atoms. The SMILES string of the molecule is CC1=C(S(=O)(=O)N(N)C(=O)c2cn3cc(C(F)(F)F)cc(Cl)c3n2)C(C)C(C)C(C#N)=C1. The average Bonchev–Trinajstić information content (AvgIpc) is 3.13. The van der Waals surface area contributed by atoms with Crippen LogP contribution >= 0.6 is 11.6 Å². The largest absolute Gasteiger partial charge is 0.417 e. The molecule has 0 aromatic carbocycles. The molecule has 2 unspecified atom stereocenters. The Morgan fingerprint density at radius 1 is 1.31 bits per heavy atom. The van der Waals surface area contributed by atoms with Gasteiger partial charge in [0.15, 0.2) is 5.65 Å². The number of fused-ring (bicyclic) bond motifs is 1. The van der Waals surface area contributed by atoms with Gasteiger partial charge in [-0.05, 0) is 30.6 Å². The molecule has 32 heavy (non-hydrogen) atoms. The molecule has 0 saturated heterocycles. The van der Waals surface area contributed by atoms with E-state index >= 15 is 0 Å². The zero-order valence-corrected chi connectivity index (χ0v) is 18.5. The minimum absolute atomic E-state index is 0.000604. The van der Waals surface area contributed by atoms with Crippen LogP contribution in [0.25, 0.3) is 5.65 Å². The number of nitriles is 1. The van der Waals surface area contributed by atoms with Crippen molar-refractivity contribution >= 4 is 33.2 Å². The number of alkyl halides is 3. The quantitative estimate of drug-likeness (QED) is 0.400. The van der Waals surface area contributed by atoms with Gasteiger partial charge in [0.25, 0.3) is 10.0 Å². The lowest BCUT2D eigenvalue weighted by molar-refractivity contribution is -0.137. The highest BCUT2D eigenvalue weighted by Gasteiger charge is 2.39. The van der Waals surface area contributed by atoms with Crippen molar-refractivity contribution in [2.75, 3.05) is 0 Å². The number of amides is 1. The first kappa shape index (κ1) is 23.8. The van der Waals surface area contributed by atoms with E-state index in [9.17, 15) is 31.6 Å². The van der Waals surface area contributed by atoms with Crippen molar-refractivity contribution in [1.29, 1.82) is 5.26 Å². The Morgan fingerprint density at radius 3 is 2.50 bits per heavy atom. The number of hydrogen-bond donors (Lipinski definition) is 1. The number of aromatic nitrogens is 2. The van der Waals surface area contributed by atoms with Crippen LogP contribution in [0.1, 0.15) is 36.8 Å². The summed E-state index contributed by atoms with van der Waals surface area (Å²) in [6.45, 7) is 4.74. The monoisotopic (exact) mass is 487 g/mol. The van der Waals surface area contributed by atoms with E-state index in [1.165, 1.54) is 13.0 Å². The van der Waals surface area contributed by atoms with Crippen LogP contribution in [0.15, 0.2) is 40.6 Å². The van der Waals surface area contributed by atoms with Gasteiger partial charge in [0.1, 0.15) is 5.69 Å². The van der Waals surface area contributed by atoms with Gasteiger partial charge >= 0.3 is 12.1 Å². The fraction of sp³-hybridized carbons (Fsp3) is 0.316. The van der Waals surface area contributed by atoms with Crippen LogP contribution in [-0.4, -0.2) is 28.1 Å². The van der Waals surface area contributed by atoms with Gasteiger partial charge in [-0.1, -0.05) is 25.4 Å². The molecule has 170 valence electrons. The van der Waals surface area contributed by atoms with E-state index in [-0.39, 0.29) is 25.6 Å². The molecule has 2 atom stereocenters. The maximum atomic E-state index is 13.1. The minimum atomic E-state index is -4.69. The number of imidazole rings is 1. The highest BCUT2D eigenvalue weighted by atomic mass is 35.5. The molecule has 0 saturated carbocycles. The van der Waals surface area contributed by atoms with Crippen LogP contribution in [0, 0.1) is 23.2 Å². The molecule has 2 aromatic heterocycles.